The molecule has 0 saturated carbocycles. The van der Waals surface area contributed by atoms with Crippen LogP contribution < -0.4 is 0 Å². The Hall–Kier alpha value is -0.490. The first kappa shape index (κ1) is 12.6. The summed E-state index contributed by atoms with van der Waals surface area (Å²) in [6.45, 7) is 3.53. The van der Waals surface area contributed by atoms with E-state index in [0.29, 0.717) is 12.7 Å². The molecule has 5 unspecified atom stereocenters. The molecule has 0 radical (unpaired) electrons. The summed E-state index contributed by atoms with van der Waals surface area (Å²) < 4.78 is 10.6. The maximum absolute atomic E-state index is 10.2. The first-order chi connectivity index (χ1) is 7.11. The Morgan fingerprint density at radius 2 is 2.07 bits per heavy atom. The molecule has 1 fully saturated rings. The van der Waals surface area contributed by atoms with Crippen LogP contribution in [0.3, 0.4) is 0 Å². The first-order valence-corrected chi connectivity index (χ1v) is 5.18. The molecule has 15 heavy (non-hydrogen) atoms. The Morgan fingerprint density at radius 3 is 2.60 bits per heavy atom. The van der Waals surface area contributed by atoms with Gasteiger partial charge in [0, 0.05) is 0 Å². The molecule has 1 aliphatic heterocycles. The summed E-state index contributed by atoms with van der Waals surface area (Å²) in [5, 5.41) is 19.4. The van der Waals surface area contributed by atoms with Crippen molar-refractivity contribution in [1.29, 1.82) is 0 Å². The van der Waals surface area contributed by atoms with Gasteiger partial charge in [0.15, 0.2) is 0 Å². The molecule has 0 aromatic heterocycles. The van der Waals surface area contributed by atoms with Crippen LogP contribution >= 0.6 is 0 Å². The number of carbonyl (C=O) groups is 1. The van der Waals surface area contributed by atoms with Crippen LogP contribution in [0, 0.1) is 0 Å². The molecule has 5 heteroatoms. The predicted molar refractivity (Wildman–Crippen MR) is 52.4 cm³/mol. The molecule has 0 aromatic rings. The zero-order valence-corrected chi connectivity index (χ0v) is 9.00. The lowest BCUT2D eigenvalue weighted by atomic mass is 9.94. The quantitative estimate of drug-likeness (QED) is 0.621. The molecule has 1 aliphatic rings. The highest BCUT2D eigenvalue weighted by Crippen LogP contribution is 2.24. The van der Waals surface area contributed by atoms with Gasteiger partial charge in [0.25, 0.3) is 0 Å². The van der Waals surface area contributed by atoms with Crippen LogP contribution in [0.4, 0.5) is 0 Å². The van der Waals surface area contributed by atoms with Crippen molar-refractivity contribution < 1.29 is 24.5 Å². The van der Waals surface area contributed by atoms with Crippen molar-refractivity contribution in [2.24, 2.45) is 0 Å². The Bertz CT molecular complexity index is 208. The number of hydrogen-bond acceptors (Lipinski definition) is 5. The van der Waals surface area contributed by atoms with Gasteiger partial charge in [-0.1, -0.05) is 6.92 Å². The minimum atomic E-state index is -1.00. The smallest absolute Gasteiger partial charge is 0.145 e. The Kier molecular flexibility index (Phi) is 4.66. The third-order valence-electron chi connectivity index (χ3n) is 2.68. The maximum atomic E-state index is 10.2. The molecule has 0 spiro atoms. The van der Waals surface area contributed by atoms with Gasteiger partial charge in [0.1, 0.15) is 31.2 Å². The molecule has 0 bridgehead atoms. The molecular formula is C10H18O5. The SMILES string of the molecule is CCC1OC(C)C(OCC=O)C(O)C1O. The summed E-state index contributed by atoms with van der Waals surface area (Å²) in [5.41, 5.74) is 0. The summed E-state index contributed by atoms with van der Waals surface area (Å²) >= 11 is 0. The van der Waals surface area contributed by atoms with Crippen LogP contribution in [0.5, 0.6) is 0 Å². The van der Waals surface area contributed by atoms with Gasteiger partial charge in [0.2, 0.25) is 0 Å². The normalized spacial score (nSPS) is 41.5. The van der Waals surface area contributed by atoms with Gasteiger partial charge < -0.3 is 24.5 Å². The molecule has 2 N–H and O–H groups in total. The minimum Gasteiger partial charge on any atom is -0.388 e. The van der Waals surface area contributed by atoms with Gasteiger partial charge in [-0.15, -0.1) is 0 Å². The topological polar surface area (TPSA) is 76.0 Å². The van der Waals surface area contributed by atoms with Crippen molar-refractivity contribution in [3.05, 3.63) is 0 Å². The van der Waals surface area contributed by atoms with E-state index >= 15 is 0 Å². The monoisotopic (exact) mass is 218 g/mol. The van der Waals surface area contributed by atoms with E-state index in [4.69, 9.17) is 9.47 Å². The summed E-state index contributed by atoms with van der Waals surface area (Å²) in [6, 6.07) is 0. The number of aliphatic hydroxyl groups is 2. The molecule has 0 amide bonds. The standard InChI is InChI=1S/C10H18O5/c1-3-7-8(12)9(13)10(6(2)15-7)14-5-4-11/h4,6-10,12-13H,3,5H2,1-2H3. The van der Waals surface area contributed by atoms with E-state index in [1.807, 2.05) is 6.92 Å². The number of aldehydes is 1. The van der Waals surface area contributed by atoms with Crippen molar-refractivity contribution >= 4 is 6.29 Å². The van der Waals surface area contributed by atoms with Crippen LogP contribution in [0.25, 0.3) is 0 Å². The van der Waals surface area contributed by atoms with Crippen molar-refractivity contribution in [3.8, 4) is 0 Å². The summed E-state index contributed by atoms with van der Waals surface area (Å²) in [5.74, 6) is 0. The van der Waals surface area contributed by atoms with Gasteiger partial charge in [-0.2, -0.15) is 0 Å². The lowest BCUT2D eigenvalue weighted by molar-refractivity contribution is -0.228. The number of aliphatic hydroxyl groups excluding tert-OH is 2. The predicted octanol–water partition coefficient (Wildman–Crippen LogP) is -0.510. The van der Waals surface area contributed by atoms with Crippen molar-refractivity contribution in [2.75, 3.05) is 6.61 Å². The van der Waals surface area contributed by atoms with Gasteiger partial charge >= 0.3 is 0 Å². The Balaban J connectivity index is 2.61. The summed E-state index contributed by atoms with van der Waals surface area (Å²) in [7, 11) is 0. The molecule has 1 rings (SSSR count). The molecule has 1 saturated heterocycles. The van der Waals surface area contributed by atoms with E-state index in [0.717, 1.165) is 0 Å². The third kappa shape index (κ3) is 2.75. The highest BCUT2D eigenvalue weighted by atomic mass is 16.6. The number of rotatable bonds is 4. The fourth-order valence-corrected chi connectivity index (χ4v) is 1.85. The number of hydrogen-bond donors (Lipinski definition) is 2. The highest BCUT2D eigenvalue weighted by molar-refractivity contribution is 5.50. The average molecular weight is 218 g/mol. The van der Waals surface area contributed by atoms with Crippen LogP contribution in [-0.2, 0) is 14.3 Å². The highest BCUT2D eigenvalue weighted by Gasteiger charge is 2.42. The minimum absolute atomic E-state index is 0.0983. The Morgan fingerprint density at radius 1 is 1.40 bits per heavy atom. The fourth-order valence-electron chi connectivity index (χ4n) is 1.85. The van der Waals surface area contributed by atoms with Crippen LogP contribution in [0.2, 0.25) is 0 Å². The molecular weight excluding hydrogens is 200 g/mol. The molecule has 0 aliphatic carbocycles. The van der Waals surface area contributed by atoms with Crippen molar-refractivity contribution in [2.45, 2.75) is 50.8 Å². The lowest BCUT2D eigenvalue weighted by Crippen LogP contribution is -2.57. The Labute approximate surface area is 89.0 Å². The van der Waals surface area contributed by atoms with Crippen LogP contribution in [0.1, 0.15) is 20.3 Å². The largest absolute Gasteiger partial charge is 0.388 e. The average Bonchev–Trinajstić information content (AvgIpc) is 2.23. The summed E-state index contributed by atoms with van der Waals surface area (Å²) in [6.07, 6.45) is -2.06. The zero-order chi connectivity index (χ0) is 11.4. The number of carbonyl (C=O) groups excluding carboxylic acids is 1. The van der Waals surface area contributed by atoms with E-state index in [1.54, 1.807) is 6.92 Å². The second-order valence-electron chi connectivity index (χ2n) is 3.73. The third-order valence-corrected chi connectivity index (χ3v) is 2.68. The second kappa shape index (κ2) is 5.55. The van der Waals surface area contributed by atoms with Gasteiger partial charge in [-0.25, -0.2) is 0 Å². The van der Waals surface area contributed by atoms with E-state index in [9.17, 15) is 15.0 Å². The lowest BCUT2D eigenvalue weighted by Gasteiger charge is -2.41. The zero-order valence-electron chi connectivity index (χ0n) is 9.00. The van der Waals surface area contributed by atoms with Gasteiger partial charge in [-0.05, 0) is 13.3 Å². The van der Waals surface area contributed by atoms with E-state index in [1.165, 1.54) is 0 Å². The van der Waals surface area contributed by atoms with E-state index in [2.05, 4.69) is 0 Å². The first-order valence-electron chi connectivity index (χ1n) is 5.18. The van der Waals surface area contributed by atoms with E-state index < -0.39 is 18.3 Å². The van der Waals surface area contributed by atoms with Gasteiger partial charge in [0.05, 0.1) is 12.2 Å². The van der Waals surface area contributed by atoms with Crippen LogP contribution in [0.15, 0.2) is 0 Å². The number of ether oxygens (including phenoxy) is 2. The summed E-state index contributed by atoms with van der Waals surface area (Å²) in [4.78, 5) is 10.2. The van der Waals surface area contributed by atoms with Gasteiger partial charge in [-0.3, -0.25) is 0 Å². The van der Waals surface area contributed by atoms with Crippen LogP contribution in [-0.4, -0.2) is 53.6 Å². The molecule has 1 heterocycles. The maximum Gasteiger partial charge on any atom is 0.145 e. The second-order valence-corrected chi connectivity index (χ2v) is 3.73. The van der Waals surface area contributed by atoms with E-state index in [-0.39, 0.29) is 18.8 Å². The fraction of sp³-hybridized carbons (Fsp3) is 0.900. The molecule has 5 atom stereocenters. The van der Waals surface area contributed by atoms with Crippen molar-refractivity contribution in [3.63, 3.8) is 0 Å². The molecule has 88 valence electrons. The molecule has 5 nitrogen and oxygen atoms in total. The molecule has 0 aromatic carbocycles. The van der Waals surface area contributed by atoms with Crippen molar-refractivity contribution in [1.82, 2.24) is 0 Å².